The first-order valence-corrected chi connectivity index (χ1v) is 15.5. The average molecular weight is 632 g/mol. The van der Waals surface area contributed by atoms with E-state index in [0.29, 0.717) is 36.8 Å². The number of carbonyl (C=O) groups excluding carboxylic acids is 3. The highest BCUT2D eigenvalue weighted by Gasteiger charge is 2.48. The monoisotopic (exact) mass is 631 g/mol. The molecule has 0 aliphatic carbocycles. The number of aromatic nitrogens is 1. The van der Waals surface area contributed by atoms with Crippen LogP contribution in [0, 0.1) is 5.92 Å². The van der Waals surface area contributed by atoms with E-state index in [4.69, 9.17) is 13.8 Å². The molecule has 3 heterocycles. The molecule has 2 aromatic rings. The molecule has 2 N–H and O–H groups in total. The van der Waals surface area contributed by atoms with Crippen LogP contribution in [0.3, 0.4) is 0 Å². The number of pyridine rings is 1. The van der Waals surface area contributed by atoms with E-state index < -0.39 is 28.3 Å². The van der Waals surface area contributed by atoms with Crippen LogP contribution in [0.2, 0.25) is 0 Å². The van der Waals surface area contributed by atoms with Crippen molar-refractivity contribution >= 4 is 47.8 Å². The number of nitrogens with one attached hydrogen (secondary N) is 2. The summed E-state index contributed by atoms with van der Waals surface area (Å²) in [5, 5.41) is 7.86. The van der Waals surface area contributed by atoms with Gasteiger partial charge < -0.3 is 25.1 Å². The summed E-state index contributed by atoms with van der Waals surface area (Å²) < 4.78 is 13.2. The molecule has 2 aliphatic rings. The molecule has 43 heavy (non-hydrogen) atoms. The summed E-state index contributed by atoms with van der Waals surface area (Å²) in [5.41, 5.74) is 0.862. The Bertz CT molecular complexity index is 1220. The van der Waals surface area contributed by atoms with Gasteiger partial charge in [0.25, 0.3) is 0 Å². The lowest BCUT2D eigenvalue weighted by Crippen LogP contribution is -2.48. The van der Waals surface area contributed by atoms with E-state index in [0.717, 1.165) is 18.7 Å². The van der Waals surface area contributed by atoms with Crippen molar-refractivity contribution in [3.05, 3.63) is 54.4 Å². The number of thioether (sulfide) groups is 1. The molecule has 1 aromatic carbocycles. The molecule has 4 rings (SSSR count). The third kappa shape index (κ3) is 10.2. The highest BCUT2D eigenvalue weighted by Crippen LogP contribution is 2.41. The van der Waals surface area contributed by atoms with Crippen molar-refractivity contribution in [2.24, 2.45) is 5.92 Å². The molecule has 1 aromatic heterocycles. The third-order valence-corrected chi connectivity index (χ3v) is 8.30. The highest BCUT2D eigenvalue weighted by molar-refractivity contribution is 8.00. The molecule has 0 spiro atoms. The molecular weight excluding hydrogens is 590 g/mol. The summed E-state index contributed by atoms with van der Waals surface area (Å²) in [6.45, 7) is 12.4. The first-order chi connectivity index (χ1) is 20.4. The van der Waals surface area contributed by atoms with E-state index in [9.17, 15) is 14.4 Å². The van der Waals surface area contributed by atoms with Crippen LogP contribution in [0.4, 0.5) is 10.5 Å². The number of ether oxygens (including phenoxy) is 1. The number of hydroxylamine groups is 2. The Labute approximate surface area is 262 Å². The molecule has 11 nitrogen and oxygen atoms in total. The quantitative estimate of drug-likeness (QED) is 0.392. The number of ketones is 1. The van der Waals surface area contributed by atoms with Gasteiger partial charge in [-0.05, 0) is 70.9 Å². The molecule has 2 fully saturated rings. The van der Waals surface area contributed by atoms with Crippen molar-refractivity contribution < 1.29 is 28.2 Å². The molecule has 234 valence electrons. The first kappa shape index (κ1) is 34.4. The van der Waals surface area contributed by atoms with Gasteiger partial charge in [-0.3, -0.25) is 14.6 Å². The van der Waals surface area contributed by atoms with E-state index in [-0.39, 0.29) is 18.2 Å². The molecule has 2 amide bonds. The van der Waals surface area contributed by atoms with Crippen LogP contribution in [0.1, 0.15) is 46.6 Å². The zero-order chi connectivity index (χ0) is 31.6. The SMILES string of the molecule is CC(C)(C)OC(=O)[C@@H](CC(=O)[C@H]1N(Oc2cccnc2)CSC1(C)C)Cc1ccc(NC(=O)N2CCNCC2)cc1.O=S. The summed E-state index contributed by atoms with van der Waals surface area (Å²) in [6, 6.07) is 10.3. The van der Waals surface area contributed by atoms with E-state index in [1.807, 2.05) is 58.9 Å². The number of anilines is 1. The Morgan fingerprint density at radius 1 is 1.14 bits per heavy atom. The number of hydrogen-bond donors (Lipinski definition) is 2. The average Bonchev–Trinajstić information content (AvgIpc) is 3.28. The van der Waals surface area contributed by atoms with Crippen LogP contribution in [0.15, 0.2) is 48.8 Å². The maximum Gasteiger partial charge on any atom is 0.321 e. The topological polar surface area (TPSA) is 130 Å². The molecule has 13 heteroatoms. The summed E-state index contributed by atoms with van der Waals surface area (Å²) in [4.78, 5) is 51.7. The van der Waals surface area contributed by atoms with E-state index >= 15 is 0 Å². The maximum atomic E-state index is 13.8. The van der Waals surface area contributed by atoms with E-state index in [2.05, 4.69) is 28.2 Å². The molecule has 0 bridgehead atoms. The Kier molecular flexibility index (Phi) is 12.4. The van der Waals surface area contributed by atoms with Crippen molar-refractivity contribution in [2.45, 2.75) is 63.9 Å². The first-order valence-electron chi connectivity index (χ1n) is 14.2. The van der Waals surface area contributed by atoms with E-state index in [1.165, 1.54) is 0 Å². The van der Waals surface area contributed by atoms with Crippen molar-refractivity contribution in [1.82, 2.24) is 20.3 Å². The van der Waals surface area contributed by atoms with Crippen molar-refractivity contribution in [1.29, 1.82) is 0 Å². The number of urea groups is 1. The number of benzene rings is 1. The van der Waals surface area contributed by atoms with Gasteiger partial charge in [0.15, 0.2) is 24.1 Å². The number of carbonyl (C=O) groups is 3. The van der Waals surface area contributed by atoms with Gasteiger partial charge in [0.1, 0.15) is 11.6 Å². The standard InChI is InChI=1S/C30H41N5O5S.OS/c1-29(2,3)39-27(37)22(17-21-8-10-23(11-9-21)33-28(38)34-15-13-31-14-16-34)18-25(36)26-30(4,5)41-20-35(26)40-24-7-6-12-32-19-24;1-2/h6-12,19,22,26,31H,13-18,20H2,1-5H3,(H,33,38);/t22-,26-;/m1./s1. The smallest absolute Gasteiger partial charge is 0.321 e. The van der Waals surface area contributed by atoms with Crippen LogP contribution >= 0.6 is 11.8 Å². The normalized spacial score (nSPS) is 19.0. The summed E-state index contributed by atoms with van der Waals surface area (Å²) in [5.74, 6) is -0.109. The van der Waals surface area contributed by atoms with Crippen LogP contribution in [-0.4, -0.2) is 85.4 Å². The number of hydrogen-bond acceptors (Lipinski definition) is 11. The molecule has 0 unspecified atom stereocenters. The minimum atomic E-state index is -0.686. The van der Waals surface area contributed by atoms with E-state index in [1.54, 1.807) is 46.3 Å². The summed E-state index contributed by atoms with van der Waals surface area (Å²) in [6.07, 6.45) is 3.61. The van der Waals surface area contributed by atoms with Crippen LogP contribution in [0.25, 0.3) is 0 Å². The number of nitrogens with zero attached hydrogens (tertiary/aromatic N) is 3. The fourth-order valence-electron chi connectivity index (χ4n) is 4.95. The maximum absolute atomic E-state index is 13.8. The highest BCUT2D eigenvalue weighted by atomic mass is 32.2. The molecule has 2 atom stereocenters. The molecule has 2 aliphatic heterocycles. The Morgan fingerprint density at radius 3 is 2.42 bits per heavy atom. The Hall–Kier alpha value is -3.13. The number of esters is 1. The second-order valence-corrected chi connectivity index (χ2v) is 13.5. The number of piperazine rings is 1. The summed E-state index contributed by atoms with van der Waals surface area (Å²) in [7, 11) is 0. The molecule has 0 radical (unpaired) electrons. The minimum absolute atomic E-state index is 0.0119. The van der Waals surface area contributed by atoms with Gasteiger partial charge in [0, 0.05) is 49.2 Å². The number of amides is 2. The lowest BCUT2D eigenvalue weighted by Gasteiger charge is -2.31. The zero-order valence-electron chi connectivity index (χ0n) is 25.3. The lowest BCUT2D eigenvalue weighted by molar-refractivity contribution is -0.162. The van der Waals surface area contributed by atoms with Crippen molar-refractivity contribution in [2.75, 3.05) is 37.4 Å². The molecular formula is C30H41N5O6S2. The second-order valence-electron chi connectivity index (χ2n) is 11.9. The minimum Gasteiger partial charge on any atom is -0.460 e. The zero-order valence-corrected chi connectivity index (χ0v) is 27.0. The van der Waals surface area contributed by atoms with Gasteiger partial charge in [-0.2, -0.15) is 4.21 Å². The van der Waals surface area contributed by atoms with Crippen molar-refractivity contribution in [3.63, 3.8) is 0 Å². The third-order valence-electron chi connectivity index (χ3n) is 6.95. The summed E-state index contributed by atoms with van der Waals surface area (Å²) >= 11 is 4.46. The van der Waals surface area contributed by atoms with Crippen LogP contribution < -0.4 is 15.5 Å². The molecule has 0 saturated carbocycles. The van der Waals surface area contributed by atoms with Crippen LogP contribution in [-0.2, 0) is 33.3 Å². The van der Waals surface area contributed by atoms with Gasteiger partial charge >= 0.3 is 12.0 Å². The van der Waals surface area contributed by atoms with Crippen molar-refractivity contribution in [3.8, 4) is 5.75 Å². The Morgan fingerprint density at radius 2 is 1.81 bits per heavy atom. The van der Waals surface area contributed by atoms with Gasteiger partial charge in [-0.1, -0.05) is 12.1 Å². The predicted octanol–water partition coefficient (Wildman–Crippen LogP) is 3.79. The fraction of sp³-hybridized carbons (Fsp3) is 0.533. The second kappa shape index (κ2) is 15.6. The Balaban J connectivity index is 0.00000248. The van der Waals surface area contributed by atoms with Crippen LogP contribution in [0.5, 0.6) is 5.75 Å². The molecule has 2 saturated heterocycles. The fourth-order valence-corrected chi connectivity index (χ4v) is 6.02. The van der Waals surface area contributed by atoms with Gasteiger partial charge in [0.05, 0.1) is 18.0 Å². The van der Waals surface area contributed by atoms with Gasteiger partial charge in [-0.15, -0.1) is 16.8 Å². The number of rotatable bonds is 9. The van der Waals surface area contributed by atoms with Gasteiger partial charge in [0.2, 0.25) is 0 Å². The number of Topliss-reactive ketones (excluding diaryl/α,β-unsaturated/α-hetero) is 1. The lowest BCUT2D eigenvalue weighted by atomic mass is 9.88. The van der Waals surface area contributed by atoms with Gasteiger partial charge in [-0.25, -0.2) is 4.79 Å². The largest absolute Gasteiger partial charge is 0.460 e. The predicted molar refractivity (Wildman–Crippen MR) is 168 cm³/mol.